The fourth-order valence-corrected chi connectivity index (χ4v) is 1.96. The Balaban J connectivity index is 2.19. The van der Waals surface area contributed by atoms with Crippen molar-refractivity contribution in [1.29, 1.82) is 0 Å². The van der Waals surface area contributed by atoms with Crippen LogP contribution in [0.3, 0.4) is 0 Å². The molecular formula is C12H7BrClFN2O. The summed E-state index contributed by atoms with van der Waals surface area (Å²) < 4.78 is 13.3. The summed E-state index contributed by atoms with van der Waals surface area (Å²) in [5.41, 5.74) is 0.854. The van der Waals surface area contributed by atoms with E-state index in [4.69, 9.17) is 11.6 Å². The van der Waals surface area contributed by atoms with Crippen LogP contribution in [0.5, 0.6) is 0 Å². The molecule has 3 nitrogen and oxygen atoms in total. The third kappa shape index (κ3) is 3.05. The fourth-order valence-electron chi connectivity index (χ4n) is 1.32. The van der Waals surface area contributed by atoms with Crippen LogP contribution in [0.25, 0.3) is 0 Å². The number of nitrogens with zero attached hydrogens (tertiary/aromatic N) is 1. The van der Waals surface area contributed by atoms with Crippen LogP contribution in [0.4, 0.5) is 10.1 Å². The molecule has 0 fully saturated rings. The molecule has 1 aromatic carbocycles. The van der Waals surface area contributed by atoms with E-state index in [2.05, 4.69) is 26.2 Å². The van der Waals surface area contributed by atoms with Gasteiger partial charge in [-0.3, -0.25) is 4.79 Å². The van der Waals surface area contributed by atoms with Crippen molar-refractivity contribution in [2.75, 3.05) is 5.32 Å². The molecular weight excluding hydrogens is 322 g/mol. The van der Waals surface area contributed by atoms with Crippen LogP contribution in [0.1, 0.15) is 10.4 Å². The van der Waals surface area contributed by atoms with E-state index in [0.717, 1.165) is 0 Å². The van der Waals surface area contributed by atoms with Crippen LogP contribution >= 0.6 is 27.5 Å². The van der Waals surface area contributed by atoms with Crippen LogP contribution in [0.2, 0.25) is 5.15 Å². The van der Waals surface area contributed by atoms with Crippen molar-refractivity contribution < 1.29 is 9.18 Å². The molecule has 1 N–H and O–H groups in total. The Morgan fingerprint density at radius 1 is 1.33 bits per heavy atom. The topological polar surface area (TPSA) is 42.0 Å². The molecule has 0 saturated carbocycles. The number of nitrogens with one attached hydrogen (secondary N) is 1. The molecule has 0 atom stereocenters. The first-order valence-electron chi connectivity index (χ1n) is 4.94. The first kappa shape index (κ1) is 13.0. The largest absolute Gasteiger partial charge is 0.321 e. The van der Waals surface area contributed by atoms with Gasteiger partial charge >= 0.3 is 0 Å². The summed E-state index contributed by atoms with van der Waals surface area (Å²) >= 11 is 8.77. The van der Waals surface area contributed by atoms with E-state index in [9.17, 15) is 9.18 Å². The average molecular weight is 330 g/mol. The van der Waals surface area contributed by atoms with E-state index in [1.807, 2.05) is 0 Å². The van der Waals surface area contributed by atoms with E-state index in [0.29, 0.717) is 20.9 Å². The van der Waals surface area contributed by atoms with E-state index in [-0.39, 0.29) is 5.91 Å². The Bertz CT molecular complexity index is 589. The zero-order chi connectivity index (χ0) is 13.1. The SMILES string of the molecule is O=C(Nc1ccc(Cl)nc1)c1ccc(F)cc1Br. The summed E-state index contributed by atoms with van der Waals surface area (Å²) in [6.45, 7) is 0. The zero-order valence-electron chi connectivity index (χ0n) is 8.95. The number of hydrogen-bond acceptors (Lipinski definition) is 2. The van der Waals surface area contributed by atoms with Crippen molar-refractivity contribution in [3.8, 4) is 0 Å². The molecule has 18 heavy (non-hydrogen) atoms. The van der Waals surface area contributed by atoms with E-state index in [1.54, 1.807) is 12.1 Å². The van der Waals surface area contributed by atoms with Gasteiger partial charge in [0, 0.05) is 4.47 Å². The minimum Gasteiger partial charge on any atom is -0.321 e. The number of benzene rings is 1. The fraction of sp³-hybridized carbons (Fsp3) is 0. The number of anilines is 1. The average Bonchev–Trinajstić information content (AvgIpc) is 2.32. The predicted molar refractivity (Wildman–Crippen MR) is 71.3 cm³/mol. The van der Waals surface area contributed by atoms with Crippen molar-refractivity contribution >= 4 is 39.1 Å². The highest BCUT2D eigenvalue weighted by atomic mass is 79.9. The third-order valence-corrected chi connectivity index (χ3v) is 3.04. The number of amides is 1. The van der Waals surface area contributed by atoms with Gasteiger partial charge in [-0.15, -0.1) is 0 Å². The maximum atomic E-state index is 12.9. The van der Waals surface area contributed by atoms with E-state index in [1.165, 1.54) is 24.4 Å². The Labute approximate surface area is 116 Å². The predicted octanol–water partition coefficient (Wildman–Crippen LogP) is 3.89. The molecule has 0 bridgehead atoms. The molecule has 2 rings (SSSR count). The lowest BCUT2D eigenvalue weighted by molar-refractivity contribution is 0.102. The first-order valence-corrected chi connectivity index (χ1v) is 6.11. The lowest BCUT2D eigenvalue weighted by Gasteiger charge is -2.06. The highest BCUT2D eigenvalue weighted by Gasteiger charge is 2.11. The third-order valence-electron chi connectivity index (χ3n) is 2.16. The highest BCUT2D eigenvalue weighted by molar-refractivity contribution is 9.10. The van der Waals surface area contributed by atoms with Gasteiger partial charge in [-0.05, 0) is 46.3 Å². The van der Waals surface area contributed by atoms with Crippen LogP contribution in [-0.2, 0) is 0 Å². The van der Waals surface area contributed by atoms with Crippen molar-refractivity contribution in [3.05, 3.63) is 57.5 Å². The number of halogens is 3. The number of pyridine rings is 1. The second kappa shape index (κ2) is 5.46. The minimum atomic E-state index is -0.411. The van der Waals surface area contributed by atoms with Crippen LogP contribution in [0, 0.1) is 5.82 Å². The van der Waals surface area contributed by atoms with Gasteiger partial charge in [-0.2, -0.15) is 0 Å². The van der Waals surface area contributed by atoms with Crippen LogP contribution in [0.15, 0.2) is 41.0 Å². The molecule has 0 aliphatic heterocycles. The van der Waals surface area contributed by atoms with Crippen LogP contribution in [-0.4, -0.2) is 10.9 Å². The van der Waals surface area contributed by atoms with Crippen LogP contribution < -0.4 is 5.32 Å². The normalized spacial score (nSPS) is 10.2. The van der Waals surface area contributed by atoms with Gasteiger partial charge in [0.1, 0.15) is 11.0 Å². The molecule has 0 radical (unpaired) electrons. The molecule has 2 aromatic rings. The van der Waals surface area contributed by atoms with Crippen molar-refractivity contribution in [1.82, 2.24) is 4.98 Å². The monoisotopic (exact) mass is 328 g/mol. The van der Waals surface area contributed by atoms with Gasteiger partial charge in [0.15, 0.2) is 0 Å². The Morgan fingerprint density at radius 2 is 2.11 bits per heavy atom. The highest BCUT2D eigenvalue weighted by Crippen LogP contribution is 2.19. The number of aromatic nitrogens is 1. The maximum absolute atomic E-state index is 12.9. The number of carbonyl (C=O) groups excluding carboxylic acids is 1. The smallest absolute Gasteiger partial charge is 0.256 e. The van der Waals surface area contributed by atoms with E-state index < -0.39 is 5.82 Å². The number of hydrogen-bond donors (Lipinski definition) is 1. The summed E-state index contributed by atoms with van der Waals surface area (Å²) in [7, 11) is 0. The zero-order valence-corrected chi connectivity index (χ0v) is 11.3. The molecule has 0 spiro atoms. The molecule has 0 aliphatic carbocycles. The molecule has 92 valence electrons. The molecule has 0 aliphatic rings. The van der Waals surface area contributed by atoms with Gasteiger partial charge in [0.25, 0.3) is 5.91 Å². The quantitative estimate of drug-likeness (QED) is 0.849. The standard InChI is InChI=1S/C12H7BrClFN2O/c13-10-5-7(15)1-3-9(10)12(18)17-8-2-4-11(14)16-6-8/h1-6H,(H,17,18). The first-order chi connectivity index (χ1) is 8.56. The van der Waals surface area contributed by atoms with Gasteiger partial charge in [0.2, 0.25) is 0 Å². The number of rotatable bonds is 2. The summed E-state index contributed by atoms with van der Waals surface area (Å²) in [6.07, 6.45) is 1.44. The van der Waals surface area contributed by atoms with Gasteiger partial charge in [-0.1, -0.05) is 11.6 Å². The van der Waals surface area contributed by atoms with Crippen molar-refractivity contribution in [3.63, 3.8) is 0 Å². The summed E-state index contributed by atoms with van der Waals surface area (Å²) in [6, 6.07) is 7.05. The van der Waals surface area contributed by atoms with Crippen molar-refractivity contribution in [2.24, 2.45) is 0 Å². The number of carbonyl (C=O) groups is 1. The minimum absolute atomic E-state index is 0.339. The molecule has 1 heterocycles. The van der Waals surface area contributed by atoms with Gasteiger partial charge in [0.05, 0.1) is 17.4 Å². The molecule has 1 aromatic heterocycles. The molecule has 1 amide bonds. The molecule has 0 saturated heterocycles. The molecule has 0 unspecified atom stereocenters. The maximum Gasteiger partial charge on any atom is 0.256 e. The van der Waals surface area contributed by atoms with E-state index >= 15 is 0 Å². The second-order valence-electron chi connectivity index (χ2n) is 3.45. The second-order valence-corrected chi connectivity index (χ2v) is 4.69. The van der Waals surface area contributed by atoms with Gasteiger partial charge < -0.3 is 5.32 Å². The summed E-state index contributed by atoms with van der Waals surface area (Å²) in [4.78, 5) is 15.7. The lowest BCUT2D eigenvalue weighted by atomic mass is 10.2. The Morgan fingerprint density at radius 3 is 2.72 bits per heavy atom. The Kier molecular flexibility index (Phi) is 3.93. The summed E-state index contributed by atoms with van der Waals surface area (Å²) in [5, 5.41) is 2.98. The van der Waals surface area contributed by atoms with Gasteiger partial charge in [-0.25, -0.2) is 9.37 Å². The van der Waals surface area contributed by atoms with Crippen molar-refractivity contribution in [2.45, 2.75) is 0 Å². The summed E-state index contributed by atoms with van der Waals surface area (Å²) in [5.74, 6) is -0.766. The Hall–Kier alpha value is -1.46. The lowest BCUT2D eigenvalue weighted by Crippen LogP contribution is -2.12. The molecule has 6 heteroatoms.